The first-order valence-corrected chi connectivity index (χ1v) is 9.70. The number of likely N-dealkylation sites (tertiary alicyclic amines) is 2. The summed E-state index contributed by atoms with van der Waals surface area (Å²) < 4.78 is 0. The molecular weight excluding hydrogens is 338 g/mol. The number of rotatable bonds is 4. The van der Waals surface area contributed by atoms with E-state index < -0.39 is 4.92 Å². The first-order chi connectivity index (χ1) is 11.9. The smallest absolute Gasteiger partial charge is 0.269 e. The number of non-ortho nitro benzene ring substituents is 1. The molecule has 1 aromatic rings. The number of benzene rings is 1. The molecule has 0 saturated carbocycles. The molecule has 0 aliphatic carbocycles. The molecule has 1 amide bonds. The maximum absolute atomic E-state index is 12.7. The molecule has 2 aliphatic rings. The zero-order valence-corrected chi connectivity index (χ0v) is 15.6. The molecule has 25 heavy (non-hydrogen) atoms. The van der Waals surface area contributed by atoms with Crippen molar-refractivity contribution in [3.05, 3.63) is 34.4 Å². The van der Waals surface area contributed by atoms with E-state index in [0.29, 0.717) is 5.54 Å². The van der Waals surface area contributed by atoms with Crippen molar-refractivity contribution >= 4 is 23.4 Å². The summed E-state index contributed by atoms with van der Waals surface area (Å²) in [5.41, 5.74) is 0.385. The molecule has 1 atom stereocenters. The molecule has 136 valence electrons. The van der Waals surface area contributed by atoms with E-state index >= 15 is 0 Å². The van der Waals surface area contributed by atoms with Gasteiger partial charge in [0.1, 0.15) is 0 Å². The van der Waals surface area contributed by atoms with Crippen LogP contribution in [0.15, 0.2) is 29.2 Å². The summed E-state index contributed by atoms with van der Waals surface area (Å²) in [6, 6.07) is 6.40. The lowest BCUT2D eigenvalue weighted by atomic mass is 9.85. The Morgan fingerprint density at radius 2 is 1.84 bits per heavy atom. The van der Waals surface area contributed by atoms with Gasteiger partial charge in [0.15, 0.2) is 0 Å². The van der Waals surface area contributed by atoms with Gasteiger partial charge in [0.25, 0.3) is 5.69 Å². The van der Waals surface area contributed by atoms with Gasteiger partial charge < -0.3 is 9.80 Å². The Balaban J connectivity index is 1.55. The molecule has 1 spiro atoms. The average molecular weight is 363 g/mol. The monoisotopic (exact) mass is 363 g/mol. The Hall–Kier alpha value is -1.60. The minimum absolute atomic E-state index is 0.0744. The third-order valence-electron chi connectivity index (χ3n) is 5.66. The Morgan fingerprint density at radius 1 is 1.20 bits per heavy atom. The van der Waals surface area contributed by atoms with Crippen molar-refractivity contribution in [1.82, 2.24) is 9.80 Å². The molecule has 2 saturated heterocycles. The van der Waals surface area contributed by atoms with Crippen LogP contribution < -0.4 is 0 Å². The predicted octanol–water partition coefficient (Wildman–Crippen LogP) is 3.16. The second-order valence-corrected chi connectivity index (χ2v) is 8.50. The van der Waals surface area contributed by atoms with Gasteiger partial charge >= 0.3 is 0 Å². The topological polar surface area (TPSA) is 66.7 Å². The van der Waals surface area contributed by atoms with Crippen molar-refractivity contribution in [2.45, 2.75) is 48.3 Å². The summed E-state index contributed by atoms with van der Waals surface area (Å²) >= 11 is 1.47. The van der Waals surface area contributed by atoms with E-state index in [1.54, 1.807) is 12.1 Å². The van der Waals surface area contributed by atoms with E-state index in [0.717, 1.165) is 30.8 Å². The summed E-state index contributed by atoms with van der Waals surface area (Å²) in [6.07, 6.45) is 4.63. The van der Waals surface area contributed by atoms with Crippen molar-refractivity contribution in [2.75, 3.05) is 26.7 Å². The molecule has 0 radical (unpaired) electrons. The number of piperidine rings is 1. The van der Waals surface area contributed by atoms with Crippen LogP contribution in [0.2, 0.25) is 0 Å². The fourth-order valence-corrected chi connectivity index (χ4v) is 4.96. The molecule has 1 aromatic carbocycles. The third kappa shape index (κ3) is 3.82. The van der Waals surface area contributed by atoms with E-state index in [1.807, 2.05) is 11.8 Å². The summed E-state index contributed by atoms with van der Waals surface area (Å²) in [4.78, 5) is 28.4. The highest BCUT2D eigenvalue weighted by Crippen LogP contribution is 2.37. The Bertz CT molecular complexity index is 641. The third-order valence-corrected chi connectivity index (χ3v) is 6.76. The minimum atomic E-state index is -0.410. The molecule has 0 N–H and O–H groups in total. The zero-order chi connectivity index (χ0) is 18.0. The normalized spacial score (nSPS) is 21.4. The highest BCUT2D eigenvalue weighted by Gasteiger charge is 2.42. The fourth-order valence-electron chi connectivity index (χ4n) is 4.01. The largest absolute Gasteiger partial charge is 0.342 e. The lowest BCUT2D eigenvalue weighted by molar-refractivity contribution is -0.384. The lowest BCUT2D eigenvalue weighted by Crippen LogP contribution is -2.53. The number of nitro benzene ring substituents is 1. The summed E-state index contributed by atoms with van der Waals surface area (Å²) in [6.45, 7) is 4.74. The molecule has 7 heteroatoms. The van der Waals surface area contributed by atoms with Crippen LogP contribution in [0.5, 0.6) is 0 Å². The van der Waals surface area contributed by atoms with Crippen molar-refractivity contribution < 1.29 is 9.72 Å². The molecule has 2 heterocycles. The van der Waals surface area contributed by atoms with Crippen LogP contribution in [-0.2, 0) is 4.79 Å². The van der Waals surface area contributed by atoms with E-state index in [1.165, 1.54) is 43.3 Å². The van der Waals surface area contributed by atoms with Gasteiger partial charge in [0.05, 0.1) is 10.2 Å². The van der Waals surface area contributed by atoms with Crippen LogP contribution in [0, 0.1) is 10.1 Å². The quantitative estimate of drug-likeness (QED) is 0.467. The van der Waals surface area contributed by atoms with Gasteiger partial charge in [-0.15, -0.1) is 11.8 Å². The van der Waals surface area contributed by atoms with Crippen LogP contribution in [0.25, 0.3) is 0 Å². The molecule has 2 fully saturated rings. The first-order valence-electron chi connectivity index (χ1n) is 8.82. The number of thioether (sulfide) groups is 1. The zero-order valence-electron chi connectivity index (χ0n) is 14.8. The number of carbonyl (C=O) groups excluding carboxylic acids is 1. The van der Waals surface area contributed by atoms with Gasteiger partial charge in [-0.1, -0.05) is 0 Å². The van der Waals surface area contributed by atoms with Crippen molar-refractivity contribution in [1.29, 1.82) is 0 Å². The Kier molecular flexibility index (Phi) is 5.34. The number of nitro groups is 1. The SMILES string of the molecule is C[C@@H](Sc1ccc([N+](=O)[O-])cc1)C(=O)N1CCC2(CCCN2C)CC1. The Labute approximate surface area is 152 Å². The molecule has 0 unspecified atom stereocenters. The standard InChI is InChI=1S/C18H25N3O3S/c1-14(25-16-6-4-15(5-7-16)21(23)24)17(22)20-12-9-18(10-13-20)8-3-11-19(18)2/h4-7,14H,3,8-13H2,1-2H3/t14-/m1/s1. The molecule has 6 nitrogen and oxygen atoms in total. The van der Waals surface area contributed by atoms with Gasteiger partial charge in [0, 0.05) is 35.7 Å². The highest BCUT2D eigenvalue weighted by atomic mass is 32.2. The van der Waals surface area contributed by atoms with Gasteiger partial charge in [0.2, 0.25) is 5.91 Å². The van der Waals surface area contributed by atoms with Gasteiger partial charge in [-0.25, -0.2) is 0 Å². The summed E-state index contributed by atoms with van der Waals surface area (Å²) in [7, 11) is 2.21. The number of carbonyl (C=O) groups is 1. The number of amides is 1. The highest BCUT2D eigenvalue weighted by molar-refractivity contribution is 8.00. The van der Waals surface area contributed by atoms with Gasteiger partial charge in [-0.05, 0) is 58.3 Å². The van der Waals surface area contributed by atoms with E-state index in [9.17, 15) is 14.9 Å². The van der Waals surface area contributed by atoms with Gasteiger partial charge in [-0.2, -0.15) is 0 Å². The number of nitrogens with zero attached hydrogens (tertiary/aromatic N) is 3. The van der Waals surface area contributed by atoms with E-state index in [-0.39, 0.29) is 16.8 Å². The number of hydrogen-bond acceptors (Lipinski definition) is 5. The van der Waals surface area contributed by atoms with Crippen LogP contribution in [0.4, 0.5) is 5.69 Å². The van der Waals surface area contributed by atoms with Crippen molar-refractivity contribution in [3.63, 3.8) is 0 Å². The molecular formula is C18H25N3O3S. The van der Waals surface area contributed by atoms with E-state index in [4.69, 9.17) is 0 Å². The maximum Gasteiger partial charge on any atom is 0.269 e. The second-order valence-electron chi connectivity index (χ2n) is 7.09. The van der Waals surface area contributed by atoms with Gasteiger partial charge in [-0.3, -0.25) is 14.9 Å². The molecule has 2 aliphatic heterocycles. The van der Waals surface area contributed by atoms with Crippen LogP contribution in [0.3, 0.4) is 0 Å². The van der Waals surface area contributed by atoms with Crippen LogP contribution in [0.1, 0.15) is 32.6 Å². The molecule has 0 aromatic heterocycles. The average Bonchev–Trinajstić information content (AvgIpc) is 2.95. The summed E-state index contributed by atoms with van der Waals surface area (Å²) in [5, 5.41) is 10.5. The van der Waals surface area contributed by atoms with Crippen molar-refractivity contribution in [3.8, 4) is 0 Å². The predicted molar refractivity (Wildman–Crippen MR) is 98.8 cm³/mol. The van der Waals surface area contributed by atoms with Crippen molar-refractivity contribution in [2.24, 2.45) is 0 Å². The summed E-state index contributed by atoms with van der Waals surface area (Å²) in [5.74, 6) is 0.166. The maximum atomic E-state index is 12.7. The lowest BCUT2D eigenvalue weighted by Gasteiger charge is -2.44. The number of hydrogen-bond donors (Lipinski definition) is 0. The van der Waals surface area contributed by atoms with Crippen LogP contribution in [-0.4, -0.2) is 58.1 Å². The Morgan fingerprint density at radius 3 is 2.36 bits per heavy atom. The minimum Gasteiger partial charge on any atom is -0.342 e. The fraction of sp³-hybridized carbons (Fsp3) is 0.611. The first kappa shape index (κ1) is 18.2. The molecule has 0 bridgehead atoms. The second kappa shape index (κ2) is 7.33. The molecule has 3 rings (SSSR count). The van der Waals surface area contributed by atoms with E-state index in [2.05, 4.69) is 11.9 Å². The van der Waals surface area contributed by atoms with Crippen LogP contribution >= 0.6 is 11.8 Å².